The third kappa shape index (κ3) is 0.540. The first-order valence-corrected chi connectivity index (χ1v) is 2.78. The lowest BCUT2D eigenvalue weighted by atomic mass is 10.6. The molecule has 2 N–H and O–H groups in total. The molecule has 0 radical (unpaired) electrons. The molecule has 5 heteroatoms. The number of hydrogen-bond donors (Lipinski definition) is 1. The number of nitrogens with zero attached hydrogens (tertiary/aromatic N) is 4. The van der Waals surface area contributed by atoms with E-state index in [4.69, 9.17) is 5.73 Å². The molecule has 0 aliphatic rings. The molecule has 10 heavy (non-hydrogen) atoms. The van der Waals surface area contributed by atoms with Crippen LogP contribution in [0, 0.1) is 0 Å². The van der Waals surface area contributed by atoms with Crippen LogP contribution in [0.15, 0.2) is 18.6 Å². The van der Waals surface area contributed by atoms with Crippen molar-refractivity contribution in [1.82, 2.24) is 19.6 Å². The van der Waals surface area contributed by atoms with Gasteiger partial charge in [0.1, 0.15) is 12.1 Å². The highest BCUT2D eigenvalue weighted by Gasteiger charge is 1.96. The highest BCUT2D eigenvalue weighted by atomic mass is 15.3. The molecule has 0 saturated heterocycles. The SMILES string of the molecule is Nc1ccnc2ncnn12. The van der Waals surface area contributed by atoms with E-state index in [9.17, 15) is 0 Å². The second-order valence-corrected chi connectivity index (χ2v) is 1.84. The molecule has 50 valence electrons. The van der Waals surface area contributed by atoms with Crippen molar-refractivity contribution >= 4 is 11.6 Å². The zero-order chi connectivity index (χ0) is 6.97. The van der Waals surface area contributed by atoms with Gasteiger partial charge in [-0.3, -0.25) is 0 Å². The van der Waals surface area contributed by atoms with Gasteiger partial charge in [-0.1, -0.05) is 0 Å². The molecule has 0 aliphatic carbocycles. The van der Waals surface area contributed by atoms with E-state index in [2.05, 4.69) is 15.1 Å². The minimum atomic E-state index is 0.528. The Morgan fingerprint density at radius 3 is 3.10 bits per heavy atom. The highest BCUT2D eigenvalue weighted by molar-refractivity contribution is 5.37. The van der Waals surface area contributed by atoms with Crippen molar-refractivity contribution in [3.8, 4) is 0 Å². The lowest BCUT2D eigenvalue weighted by Gasteiger charge is -1.92. The largest absolute Gasteiger partial charge is 0.383 e. The molecular weight excluding hydrogens is 130 g/mol. The van der Waals surface area contributed by atoms with Crippen LogP contribution in [0.4, 0.5) is 5.82 Å². The topological polar surface area (TPSA) is 69.1 Å². The Morgan fingerprint density at radius 1 is 1.40 bits per heavy atom. The Kier molecular flexibility index (Phi) is 0.858. The van der Waals surface area contributed by atoms with Crippen LogP contribution in [-0.4, -0.2) is 19.6 Å². The van der Waals surface area contributed by atoms with Crippen LogP contribution in [0.5, 0.6) is 0 Å². The summed E-state index contributed by atoms with van der Waals surface area (Å²) in [5.41, 5.74) is 5.52. The second-order valence-electron chi connectivity index (χ2n) is 1.84. The van der Waals surface area contributed by atoms with Crippen molar-refractivity contribution in [2.24, 2.45) is 0 Å². The summed E-state index contributed by atoms with van der Waals surface area (Å²) in [7, 11) is 0. The Hall–Kier alpha value is -1.65. The highest BCUT2D eigenvalue weighted by Crippen LogP contribution is 1.99. The summed E-state index contributed by atoms with van der Waals surface area (Å²) < 4.78 is 1.47. The number of aromatic nitrogens is 4. The number of nitrogen functional groups attached to an aromatic ring is 1. The first-order chi connectivity index (χ1) is 4.88. The van der Waals surface area contributed by atoms with E-state index in [0.29, 0.717) is 11.6 Å². The number of fused-ring (bicyclic) bond motifs is 1. The second kappa shape index (κ2) is 1.66. The van der Waals surface area contributed by atoms with E-state index in [1.165, 1.54) is 10.8 Å². The summed E-state index contributed by atoms with van der Waals surface area (Å²) in [6.45, 7) is 0. The minimum Gasteiger partial charge on any atom is -0.383 e. The van der Waals surface area contributed by atoms with Crippen molar-refractivity contribution in [1.29, 1.82) is 0 Å². The summed E-state index contributed by atoms with van der Waals surface area (Å²) >= 11 is 0. The van der Waals surface area contributed by atoms with E-state index < -0.39 is 0 Å². The number of hydrogen-bond acceptors (Lipinski definition) is 4. The molecule has 0 saturated carbocycles. The molecule has 0 spiro atoms. The summed E-state index contributed by atoms with van der Waals surface area (Å²) in [6.07, 6.45) is 3.01. The summed E-state index contributed by atoms with van der Waals surface area (Å²) in [5.74, 6) is 1.07. The van der Waals surface area contributed by atoms with Crippen LogP contribution >= 0.6 is 0 Å². The average Bonchev–Trinajstić information content (AvgIpc) is 2.36. The van der Waals surface area contributed by atoms with Crippen molar-refractivity contribution in [3.05, 3.63) is 18.6 Å². The van der Waals surface area contributed by atoms with Crippen molar-refractivity contribution in [2.75, 3.05) is 5.73 Å². The zero-order valence-corrected chi connectivity index (χ0v) is 5.10. The van der Waals surface area contributed by atoms with Gasteiger partial charge in [-0.25, -0.2) is 4.98 Å². The number of anilines is 1. The molecule has 0 aliphatic heterocycles. The quantitative estimate of drug-likeness (QED) is 0.538. The fourth-order valence-corrected chi connectivity index (χ4v) is 0.756. The lowest BCUT2D eigenvalue weighted by molar-refractivity contribution is 0.952. The average molecular weight is 135 g/mol. The van der Waals surface area contributed by atoms with E-state index in [1.807, 2.05) is 0 Å². The molecule has 2 rings (SSSR count). The molecule has 0 amide bonds. The predicted octanol–water partition coefficient (Wildman–Crippen LogP) is -0.294. The predicted molar refractivity (Wildman–Crippen MR) is 35.2 cm³/mol. The van der Waals surface area contributed by atoms with Crippen molar-refractivity contribution in [2.45, 2.75) is 0 Å². The molecular formula is C5H5N5. The van der Waals surface area contributed by atoms with E-state index >= 15 is 0 Å². The monoisotopic (exact) mass is 135 g/mol. The number of rotatable bonds is 0. The van der Waals surface area contributed by atoms with Gasteiger partial charge in [-0.05, 0) is 6.07 Å². The van der Waals surface area contributed by atoms with Gasteiger partial charge in [0, 0.05) is 6.20 Å². The Morgan fingerprint density at radius 2 is 2.30 bits per heavy atom. The molecule has 2 aromatic heterocycles. The van der Waals surface area contributed by atoms with Gasteiger partial charge in [0.15, 0.2) is 0 Å². The third-order valence-corrected chi connectivity index (χ3v) is 1.21. The molecule has 5 nitrogen and oxygen atoms in total. The third-order valence-electron chi connectivity index (χ3n) is 1.21. The van der Waals surface area contributed by atoms with Crippen LogP contribution in [-0.2, 0) is 0 Å². The van der Waals surface area contributed by atoms with E-state index in [1.54, 1.807) is 12.3 Å². The van der Waals surface area contributed by atoms with Gasteiger partial charge in [-0.15, -0.1) is 0 Å². The minimum absolute atomic E-state index is 0.528. The van der Waals surface area contributed by atoms with Gasteiger partial charge < -0.3 is 5.73 Å². The molecule has 0 fully saturated rings. The lowest BCUT2D eigenvalue weighted by Crippen LogP contribution is -1.98. The van der Waals surface area contributed by atoms with Crippen molar-refractivity contribution in [3.63, 3.8) is 0 Å². The normalized spacial score (nSPS) is 10.4. The maximum Gasteiger partial charge on any atom is 0.254 e. The Balaban J connectivity index is 2.95. The standard InChI is InChI=1S/C5H5N5/c6-4-1-2-7-5-8-3-9-10(4)5/h1-3H,6H2. The molecule has 2 aromatic rings. The van der Waals surface area contributed by atoms with Gasteiger partial charge in [0.25, 0.3) is 5.78 Å². The molecule has 0 bridgehead atoms. The smallest absolute Gasteiger partial charge is 0.254 e. The molecule has 2 heterocycles. The first-order valence-electron chi connectivity index (χ1n) is 2.78. The summed E-state index contributed by atoms with van der Waals surface area (Å²) in [6, 6.07) is 1.67. The summed E-state index contributed by atoms with van der Waals surface area (Å²) in [4.78, 5) is 7.75. The maximum atomic E-state index is 5.52. The van der Waals surface area contributed by atoms with E-state index in [0.717, 1.165) is 0 Å². The van der Waals surface area contributed by atoms with Gasteiger partial charge >= 0.3 is 0 Å². The number of nitrogens with two attached hydrogens (primary N) is 1. The van der Waals surface area contributed by atoms with Gasteiger partial charge in [-0.2, -0.15) is 14.6 Å². The van der Waals surface area contributed by atoms with Crippen LogP contribution in [0.1, 0.15) is 0 Å². The van der Waals surface area contributed by atoms with Gasteiger partial charge in [0.05, 0.1) is 0 Å². The Bertz CT molecular complexity index is 352. The van der Waals surface area contributed by atoms with Crippen LogP contribution < -0.4 is 5.73 Å². The van der Waals surface area contributed by atoms with Crippen LogP contribution in [0.25, 0.3) is 5.78 Å². The van der Waals surface area contributed by atoms with Crippen molar-refractivity contribution < 1.29 is 0 Å². The zero-order valence-electron chi connectivity index (χ0n) is 5.10. The van der Waals surface area contributed by atoms with Crippen LogP contribution in [0.3, 0.4) is 0 Å². The Labute approximate surface area is 56.5 Å². The van der Waals surface area contributed by atoms with Crippen LogP contribution in [0.2, 0.25) is 0 Å². The first kappa shape index (κ1) is 5.16. The van der Waals surface area contributed by atoms with Gasteiger partial charge in [0.2, 0.25) is 0 Å². The fraction of sp³-hybridized carbons (Fsp3) is 0. The molecule has 0 unspecified atom stereocenters. The molecule has 0 aromatic carbocycles. The summed E-state index contributed by atoms with van der Waals surface area (Å²) in [5, 5.41) is 3.84. The maximum absolute atomic E-state index is 5.52. The fourth-order valence-electron chi connectivity index (χ4n) is 0.756. The van der Waals surface area contributed by atoms with E-state index in [-0.39, 0.29) is 0 Å². The molecule has 0 atom stereocenters.